The maximum absolute atomic E-state index is 13.6. The molecule has 2 heterocycles. The number of benzene rings is 2. The fraction of sp³-hybridized carbons (Fsp3) is 0.500. The van der Waals surface area contributed by atoms with Crippen molar-refractivity contribution < 1.29 is 14.3 Å². The topological polar surface area (TPSA) is 71.3 Å². The Morgan fingerprint density at radius 2 is 1.79 bits per heavy atom. The summed E-state index contributed by atoms with van der Waals surface area (Å²) in [5.74, 6) is 1.45. The van der Waals surface area contributed by atoms with Crippen LogP contribution >= 0.6 is 0 Å². The van der Waals surface area contributed by atoms with Crippen LogP contribution in [-0.2, 0) is 6.54 Å². The van der Waals surface area contributed by atoms with Crippen molar-refractivity contribution in [3.8, 4) is 11.5 Å². The average molecular weight is 453 g/mol. The summed E-state index contributed by atoms with van der Waals surface area (Å²) in [6, 6.07) is 12.0. The van der Waals surface area contributed by atoms with Crippen LogP contribution in [0, 0.1) is 0 Å². The summed E-state index contributed by atoms with van der Waals surface area (Å²) in [5.41, 5.74) is 10.1. The molecule has 2 aliphatic heterocycles. The number of hydrogen-bond acceptors (Lipinski definition) is 6. The fourth-order valence-corrected chi connectivity index (χ4v) is 5.06. The number of carbonyl (C=O) groups is 1. The van der Waals surface area contributed by atoms with Crippen LogP contribution < -0.4 is 20.1 Å². The Morgan fingerprint density at radius 1 is 1.03 bits per heavy atom. The van der Waals surface area contributed by atoms with Crippen molar-refractivity contribution in [3.63, 3.8) is 0 Å². The summed E-state index contributed by atoms with van der Waals surface area (Å²) in [5, 5.41) is 0. The summed E-state index contributed by atoms with van der Waals surface area (Å²) in [6.07, 6.45) is 1.64. The summed E-state index contributed by atoms with van der Waals surface area (Å²) in [7, 11) is 3.27. The van der Waals surface area contributed by atoms with E-state index < -0.39 is 0 Å². The largest absolute Gasteiger partial charge is 0.493 e. The van der Waals surface area contributed by atoms with Gasteiger partial charge in [0, 0.05) is 49.5 Å². The molecule has 1 fully saturated rings. The number of amides is 1. The molecule has 2 aliphatic rings. The highest BCUT2D eigenvalue weighted by Crippen LogP contribution is 2.40. The first kappa shape index (κ1) is 23.4. The molecule has 0 aromatic heterocycles. The van der Waals surface area contributed by atoms with Gasteiger partial charge in [-0.25, -0.2) is 0 Å². The third-order valence-corrected chi connectivity index (χ3v) is 6.98. The van der Waals surface area contributed by atoms with Crippen molar-refractivity contribution in [3.05, 3.63) is 53.1 Å². The van der Waals surface area contributed by atoms with E-state index in [-0.39, 0.29) is 11.9 Å². The molecule has 4 rings (SSSR count). The Hall–Kier alpha value is -2.77. The first-order chi connectivity index (χ1) is 16.1. The summed E-state index contributed by atoms with van der Waals surface area (Å²) >= 11 is 0. The highest BCUT2D eigenvalue weighted by molar-refractivity contribution is 6.00. The highest BCUT2D eigenvalue weighted by atomic mass is 16.5. The molecule has 2 aromatic carbocycles. The van der Waals surface area contributed by atoms with Crippen molar-refractivity contribution >= 4 is 11.6 Å². The minimum absolute atomic E-state index is 0.0713. The van der Waals surface area contributed by atoms with E-state index in [4.69, 9.17) is 15.2 Å². The summed E-state index contributed by atoms with van der Waals surface area (Å²) in [6.45, 7) is 8.59. The summed E-state index contributed by atoms with van der Waals surface area (Å²) in [4.78, 5) is 20.5. The van der Waals surface area contributed by atoms with Crippen LogP contribution in [-0.4, -0.2) is 69.2 Å². The fourth-order valence-electron chi connectivity index (χ4n) is 5.06. The van der Waals surface area contributed by atoms with Crippen LogP contribution in [0.15, 0.2) is 36.4 Å². The van der Waals surface area contributed by atoms with Gasteiger partial charge < -0.3 is 29.9 Å². The number of rotatable bonds is 9. The average Bonchev–Trinajstić information content (AvgIpc) is 3.20. The molecule has 1 unspecified atom stereocenters. The van der Waals surface area contributed by atoms with Crippen molar-refractivity contribution in [1.29, 1.82) is 0 Å². The molecule has 178 valence electrons. The number of hydrogen-bond donors (Lipinski definition) is 1. The molecule has 1 saturated heterocycles. The second-order valence-electron chi connectivity index (χ2n) is 8.72. The monoisotopic (exact) mass is 452 g/mol. The lowest BCUT2D eigenvalue weighted by Gasteiger charge is -2.36. The number of methoxy groups -OCH3 is 2. The molecule has 0 radical (unpaired) electrons. The molecule has 0 bridgehead atoms. The van der Waals surface area contributed by atoms with Crippen LogP contribution in [0.1, 0.15) is 47.3 Å². The molecule has 0 saturated carbocycles. The highest BCUT2D eigenvalue weighted by Gasteiger charge is 2.36. The Balaban J connectivity index is 1.63. The zero-order chi connectivity index (χ0) is 23.4. The SMILES string of the molecule is CCN1CCN(c2cccc3c2CN(C(CCCN)c2ccc(OC)c(OC)c2)C3=O)CC1. The molecule has 1 atom stereocenters. The zero-order valence-electron chi connectivity index (χ0n) is 20.0. The number of ether oxygens (including phenoxy) is 2. The molecule has 2 aromatic rings. The number of nitrogens with two attached hydrogens (primary N) is 1. The van der Waals surface area contributed by atoms with Crippen LogP contribution in [0.2, 0.25) is 0 Å². The number of nitrogens with zero attached hydrogens (tertiary/aromatic N) is 3. The van der Waals surface area contributed by atoms with E-state index in [2.05, 4.69) is 22.8 Å². The van der Waals surface area contributed by atoms with E-state index in [0.717, 1.165) is 62.3 Å². The van der Waals surface area contributed by atoms with Crippen LogP contribution in [0.5, 0.6) is 11.5 Å². The van der Waals surface area contributed by atoms with Gasteiger partial charge in [0.2, 0.25) is 0 Å². The predicted octanol–water partition coefficient (Wildman–Crippen LogP) is 3.28. The van der Waals surface area contributed by atoms with Crippen molar-refractivity contribution in [2.75, 3.05) is 58.4 Å². The second-order valence-corrected chi connectivity index (χ2v) is 8.72. The smallest absolute Gasteiger partial charge is 0.255 e. The lowest BCUT2D eigenvalue weighted by molar-refractivity contribution is 0.0689. The molecule has 0 spiro atoms. The van der Waals surface area contributed by atoms with Crippen LogP contribution in [0.3, 0.4) is 0 Å². The minimum Gasteiger partial charge on any atom is -0.493 e. The minimum atomic E-state index is -0.0713. The summed E-state index contributed by atoms with van der Waals surface area (Å²) < 4.78 is 10.9. The van der Waals surface area contributed by atoms with Gasteiger partial charge in [0.15, 0.2) is 11.5 Å². The Bertz CT molecular complexity index is 972. The molecule has 7 heteroatoms. The van der Waals surface area contributed by atoms with Crippen molar-refractivity contribution in [2.45, 2.75) is 32.4 Å². The quantitative estimate of drug-likeness (QED) is 0.630. The maximum Gasteiger partial charge on any atom is 0.255 e. The number of likely N-dealkylation sites (N-methyl/N-ethyl adjacent to an activating group) is 1. The van der Waals surface area contributed by atoms with Crippen molar-refractivity contribution in [1.82, 2.24) is 9.80 Å². The molecule has 33 heavy (non-hydrogen) atoms. The number of anilines is 1. The standard InChI is InChI=1S/C26H36N4O3/c1-4-28-13-15-29(16-14-28)23-8-5-7-20-21(23)18-30(26(20)31)22(9-6-12-27)19-10-11-24(32-2)25(17-19)33-3/h5,7-8,10-11,17,22H,4,6,9,12-16,18,27H2,1-3H3. The van der Waals surface area contributed by atoms with Gasteiger partial charge >= 0.3 is 0 Å². The normalized spacial score (nSPS) is 17.3. The van der Waals surface area contributed by atoms with E-state index >= 15 is 0 Å². The van der Waals surface area contributed by atoms with E-state index in [1.54, 1.807) is 14.2 Å². The zero-order valence-corrected chi connectivity index (χ0v) is 20.0. The molecule has 7 nitrogen and oxygen atoms in total. The molecular weight excluding hydrogens is 416 g/mol. The van der Waals surface area contributed by atoms with Gasteiger partial charge in [-0.2, -0.15) is 0 Å². The number of carbonyl (C=O) groups excluding carboxylic acids is 1. The lowest BCUT2D eigenvalue weighted by Crippen LogP contribution is -2.46. The van der Waals surface area contributed by atoms with Gasteiger partial charge in [-0.05, 0) is 55.8 Å². The van der Waals surface area contributed by atoms with E-state index in [1.165, 1.54) is 5.69 Å². The molecule has 2 N–H and O–H groups in total. The first-order valence-corrected chi connectivity index (χ1v) is 11.9. The third-order valence-electron chi connectivity index (χ3n) is 6.98. The van der Waals surface area contributed by atoms with E-state index in [0.29, 0.717) is 24.6 Å². The Morgan fingerprint density at radius 3 is 2.45 bits per heavy atom. The van der Waals surface area contributed by atoms with Gasteiger partial charge in [0.1, 0.15) is 0 Å². The van der Waals surface area contributed by atoms with Gasteiger partial charge in [0.05, 0.1) is 20.3 Å². The van der Waals surface area contributed by atoms with Gasteiger partial charge in [-0.1, -0.05) is 19.1 Å². The number of piperazine rings is 1. The Kier molecular flexibility index (Phi) is 7.40. The Labute approximate surface area is 197 Å². The van der Waals surface area contributed by atoms with Crippen molar-refractivity contribution in [2.24, 2.45) is 5.73 Å². The second kappa shape index (κ2) is 10.4. The van der Waals surface area contributed by atoms with E-state index in [1.807, 2.05) is 35.2 Å². The predicted molar refractivity (Wildman–Crippen MR) is 131 cm³/mol. The maximum atomic E-state index is 13.6. The van der Waals surface area contributed by atoms with Crippen LogP contribution in [0.25, 0.3) is 0 Å². The van der Waals surface area contributed by atoms with Crippen LogP contribution in [0.4, 0.5) is 5.69 Å². The molecule has 1 amide bonds. The molecular formula is C26H36N4O3. The van der Waals surface area contributed by atoms with Gasteiger partial charge in [-0.15, -0.1) is 0 Å². The number of fused-ring (bicyclic) bond motifs is 1. The van der Waals surface area contributed by atoms with E-state index in [9.17, 15) is 4.79 Å². The third kappa shape index (κ3) is 4.66. The molecule has 0 aliphatic carbocycles. The van der Waals surface area contributed by atoms with Gasteiger partial charge in [-0.3, -0.25) is 4.79 Å². The first-order valence-electron chi connectivity index (χ1n) is 11.9. The van der Waals surface area contributed by atoms with Gasteiger partial charge in [0.25, 0.3) is 5.91 Å². The lowest BCUT2D eigenvalue weighted by atomic mass is 9.99.